The van der Waals surface area contributed by atoms with E-state index in [2.05, 4.69) is 60.7 Å². The molecular weight excluding hydrogens is 475 g/mol. The quantitative estimate of drug-likeness (QED) is 0.266. The van der Waals surface area contributed by atoms with E-state index in [0.29, 0.717) is 0 Å². The van der Waals surface area contributed by atoms with Crippen LogP contribution in [0.1, 0.15) is 134 Å². The van der Waals surface area contributed by atoms with Crippen molar-refractivity contribution in [3.63, 3.8) is 0 Å². The van der Waals surface area contributed by atoms with Crippen LogP contribution in [0.4, 0.5) is 0 Å². The topological polar surface area (TPSA) is 0 Å². The molecule has 0 radical (unpaired) electrons. The summed E-state index contributed by atoms with van der Waals surface area (Å²) < 4.78 is 1.22. The van der Waals surface area contributed by atoms with Crippen molar-refractivity contribution in [2.24, 2.45) is 11.8 Å². The van der Waals surface area contributed by atoms with Crippen molar-refractivity contribution in [1.82, 2.24) is 0 Å². The minimum absolute atomic E-state index is 0.855. The number of hydrogen-bond donors (Lipinski definition) is 0. The molecule has 1 heteroatoms. The molecule has 0 nitrogen and oxygen atoms in total. The number of hydrogen-bond acceptors (Lipinski definition) is 0. The van der Waals surface area contributed by atoms with Crippen LogP contribution in [0.15, 0.2) is 24.3 Å². The fraction of sp³-hybridized carbons (Fsp3) is 0.793. The monoisotopic (exact) mass is 526 g/mol. The first-order valence-electron chi connectivity index (χ1n) is 13.4. The minimum atomic E-state index is 0.855. The van der Waals surface area contributed by atoms with Gasteiger partial charge in [0.1, 0.15) is 0 Å². The lowest BCUT2D eigenvalue weighted by Gasteiger charge is -2.32. The van der Waals surface area contributed by atoms with Gasteiger partial charge in [-0.3, -0.25) is 0 Å². The molecule has 0 N–H and O–H groups in total. The first kappa shape index (κ1) is 28.0. The molecule has 0 aliphatic heterocycles. The lowest BCUT2D eigenvalue weighted by Crippen LogP contribution is -2.20. The Hall–Kier alpha value is -0.0500. The van der Waals surface area contributed by atoms with Crippen molar-refractivity contribution in [1.29, 1.82) is 0 Å². The Bertz CT molecular complexity index is 475. The predicted molar refractivity (Wildman–Crippen MR) is 146 cm³/mol. The lowest BCUT2D eigenvalue weighted by molar-refractivity contribution is 0.196. The fourth-order valence-electron chi connectivity index (χ4n) is 5.57. The van der Waals surface area contributed by atoms with Gasteiger partial charge in [-0.15, -0.1) is 0 Å². The Balaban J connectivity index is 0.000000248. The summed E-state index contributed by atoms with van der Waals surface area (Å²) in [4.78, 5) is 0. The first-order valence-corrected chi connectivity index (χ1v) is 14.9. The second kappa shape index (κ2) is 18.5. The third-order valence-electron chi connectivity index (χ3n) is 7.09. The molecule has 30 heavy (non-hydrogen) atoms. The Morgan fingerprint density at radius 3 is 1.50 bits per heavy atom. The van der Waals surface area contributed by atoms with Gasteiger partial charge < -0.3 is 0 Å². The third kappa shape index (κ3) is 11.5. The van der Waals surface area contributed by atoms with E-state index in [9.17, 15) is 0 Å². The molecule has 3 aliphatic rings. The number of aryl methyl sites for hydroxylation is 1. The van der Waals surface area contributed by atoms with E-state index < -0.39 is 0 Å². The van der Waals surface area contributed by atoms with E-state index in [1.807, 2.05) is 13.8 Å². The van der Waals surface area contributed by atoms with Crippen molar-refractivity contribution in [3.05, 3.63) is 35.4 Å². The van der Waals surface area contributed by atoms with Crippen LogP contribution in [0.5, 0.6) is 0 Å². The van der Waals surface area contributed by atoms with Gasteiger partial charge in [0.2, 0.25) is 0 Å². The average Bonchev–Trinajstić information content (AvgIpc) is 2.83. The molecule has 0 aromatic heterocycles. The second-order valence-electron chi connectivity index (χ2n) is 9.31. The molecule has 0 bridgehead atoms. The van der Waals surface area contributed by atoms with Gasteiger partial charge in [0, 0.05) is 0 Å². The SMILES string of the molecule is C1CCC(C2CCCCC2)CC1.CC.CCI.Cc1cccc(C2CCCCC2)c1. The average molecular weight is 527 g/mol. The van der Waals surface area contributed by atoms with Crippen molar-refractivity contribution >= 4 is 22.6 Å². The molecule has 0 atom stereocenters. The molecule has 0 amide bonds. The van der Waals surface area contributed by atoms with E-state index in [4.69, 9.17) is 0 Å². The zero-order valence-electron chi connectivity index (χ0n) is 20.7. The standard InChI is InChI=1S/C13H18.C12H22.C2H5I.C2H6/c1-11-6-5-9-13(10-11)12-7-3-2-4-8-12;1-3-7-11(8-4-1)12-9-5-2-6-10-12;1-2-3;1-2/h5-6,9-10,12H,2-4,7-8H2,1H3;11-12H,1-10H2;2H2,1H3;1-2H3. The number of benzene rings is 1. The fourth-order valence-corrected chi connectivity index (χ4v) is 5.57. The van der Waals surface area contributed by atoms with Crippen LogP contribution in [0.25, 0.3) is 0 Å². The maximum absolute atomic E-state index is 2.36. The van der Waals surface area contributed by atoms with Gasteiger partial charge in [0.25, 0.3) is 0 Å². The van der Waals surface area contributed by atoms with Crippen molar-refractivity contribution in [3.8, 4) is 0 Å². The molecule has 4 rings (SSSR count). The molecule has 3 aliphatic carbocycles. The molecule has 0 unspecified atom stereocenters. The van der Waals surface area contributed by atoms with E-state index in [-0.39, 0.29) is 0 Å². The van der Waals surface area contributed by atoms with Gasteiger partial charge in [-0.25, -0.2) is 0 Å². The number of halogens is 1. The maximum atomic E-state index is 2.36. The maximum Gasteiger partial charge on any atom is -0.00332 e. The first-order chi connectivity index (χ1) is 14.7. The van der Waals surface area contributed by atoms with Crippen LogP contribution in [0.2, 0.25) is 0 Å². The predicted octanol–water partition coefficient (Wildman–Crippen LogP) is 10.7. The Morgan fingerprint density at radius 2 is 1.10 bits per heavy atom. The van der Waals surface area contributed by atoms with Crippen molar-refractivity contribution < 1.29 is 0 Å². The summed E-state index contributed by atoms with van der Waals surface area (Å²) in [5.74, 6) is 3.13. The largest absolute Gasteiger partial charge is 0.0867 e. The normalized spacial score (nSPS) is 20.6. The Morgan fingerprint density at radius 1 is 0.700 bits per heavy atom. The van der Waals surface area contributed by atoms with Crippen LogP contribution in [-0.4, -0.2) is 4.43 Å². The van der Waals surface area contributed by atoms with Gasteiger partial charge in [0.15, 0.2) is 0 Å². The second-order valence-corrected chi connectivity index (χ2v) is 10.8. The summed E-state index contributed by atoms with van der Waals surface area (Å²) in [5.41, 5.74) is 2.97. The highest BCUT2D eigenvalue weighted by molar-refractivity contribution is 14.1. The Labute approximate surface area is 203 Å². The Kier molecular flexibility index (Phi) is 17.3. The lowest BCUT2D eigenvalue weighted by atomic mass is 9.73. The molecule has 3 saturated carbocycles. The highest BCUT2D eigenvalue weighted by Gasteiger charge is 2.24. The van der Waals surface area contributed by atoms with Gasteiger partial charge in [-0.05, 0) is 47.5 Å². The summed E-state index contributed by atoms with van der Waals surface area (Å²) in [6.07, 6.45) is 22.5. The minimum Gasteiger partial charge on any atom is -0.0867 e. The van der Waals surface area contributed by atoms with Gasteiger partial charge in [-0.2, -0.15) is 0 Å². The van der Waals surface area contributed by atoms with Crippen molar-refractivity contribution in [2.45, 2.75) is 130 Å². The van der Waals surface area contributed by atoms with Crippen molar-refractivity contribution in [2.75, 3.05) is 4.43 Å². The highest BCUT2D eigenvalue weighted by atomic mass is 127. The molecule has 0 heterocycles. The number of alkyl halides is 1. The molecule has 1 aromatic carbocycles. The van der Waals surface area contributed by atoms with Gasteiger partial charge in [0.05, 0.1) is 0 Å². The van der Waals surface area contributed by atoms with E-state index >= 15 is 0 Å². The zero-order valence-corrected chi connectivity index (χ0v) is 22.9. The van der Waals surface area contributed by atoms with Crippen LogP contribution in [0.3, 0.4) is 0 Å². The third-order valence-corrected chi connectivity index (χ3v) is 7.09. The van der Waals surface area contributed by atoms with Gasteiger partial charge in [-0.1, -0.05) is 157 Å². The van der Waals surface area contributed by atoms with E-state index in [0.717, 1.165) is 17.8 Å². The highest BCUT2D eigenvalue weighted by Crippen LogP contribution is 2.38. The summed E-state index contributed by atoms with van der Waals surface area (Å²) >= 11 is 2.29. The summed E-state index contributed by atoms with van der Waals surface area (Å²) in [5, 5.41) is 0. The molecule has 1 aromatic rings. The molecule has 3 fully saturated rings. The van der Waals surface area contributed by atoms with E-state index in [1.54, 1.807) is 31.2 Å². The summed E-state index contributed by atoms with van der Waals surface area (Å²) in [6, 6.07) is 9.03. The van der Waals surface area contributed by atoms with E-state index in [1.165, 1.54) is 80.6 Å². The number of rotatable bonds is 2. The molecule has 0 saturated heterocycles. The van der Waals surface area contributed by atoms with Crippen LogP contribution in [-0.2, 0) is 0 Å². The summed E-state index contributed by atoms with van der Waals surface area (Å²) in [7, 11) is 0. The van der Waals surface area contributed by atoms with Crippen LogP contribution >= 0.6 is 22.6 Å². The van der Waals surface area contributed by atoms with Gasteiger partial charge >= 0.3 is 0 Å². The van der Waals surface area contributed by atoms with Crippen LogP contribution in [0, 0.1) is 18.8 Å². The molecule has 0 spiro atoms. The van der Waals surface area contributed by atoms with Crippen LogP contribution < -0.4 is 0 Å². The molecule has 174 valence electrons. The summed E-state index contributed by atoms with van der Waals surface area (Å²) in [6.45, 7) is 8.30. The zero-order chi connectivity index (χ0) is 22.0. The molecular formula is C29H51I. The smallest absolute Gasteiger partial charge is 0.00332 e.